The number of halogens is 9. The van der Waals surface area contributed by atoms with Crippen molar-refractivity contribution in [1.82, 2.24) is 0 Å². The molecule has 0 aliphatic heterocycles. The molecule has 0 atom stereocenters. The quantitative estimate of drug-likeness (QED) is 0.191. The summed E-state index contributed by atoms with van der Waals surface area (Å²) in [4.78, 5) is 0. The van der Waals surface area contributed by atoms with Gasteiger partial charge in [-0.2, -0.15) is 0 Å². The van der Waals surface area contributed by atoms with Gasteiger partial charge in [0.2, 0.25) is 0 Å². The third-order valence-electron chi connectivity index (χ3n) is 3.32. The molecule has 0 unspecified atom stereocenters. The van der Waals surface area contributed by atoms with E-state index in [2.05, 4.69) is 15.9 Å². The zero-order chi connectivity index (χ0) is 17.2. The summed E-state index contributed by atoms with van der Waals surface area (Å²) < 4.78 is 109. The molecule has 0 N–H and O–H groups in total. The van der Waals surface area contributed by atoms with Crippen molar-refractivity contribution in [3.8, 4) is 0 Å². The van der Waals surface area contributed by atoms with Crippen molar-refractivity contribution in [3.63, 3.8) is 0 Å². The third kappa shape index (κ3) is 1.95. The van der Waals surface area contributed by atoms with Crippen LogP contribution in [0.5, 0.6) is 0 Å². The lowest BCUT2D eigenvalue weighted by atomic mass is 9.98. The molecule has 23 heavy (non-hydrogen) atoms. The fourth-order valence-corrected chi connectivity index (χ4v) is 2.82. The molecule has 3 rings (SSSR count). The molecule has 0 heterocycles. The second-order valence-electron chi connectivity index (χ2n) is 4.54. The average molecular weight is 401 g/mol. The fourth-order valence-electron chi connectivity index (χ4n) is 2.34. The molecule has 0 nitrogen and oxygen atoms in total. The summed E-state index contributed by atoms with van der Waals surface area (Å²) >= 11 is 2.53. The van der Waals surface area contributed by atoms with E-state index in [0.717, 1.165) is 0 Å². The summed E-state index contributed by atoms with van der Waals surface area (Å²) in [6.07, 6.45) is 0. The Morgan fingerprint density at radius 3 is 1.48 bits per heavy atom. The van der Waals surface area contributed by atoms with Crippen LogP contribution in [0.2, 0.25) is 0 Å². The SMILES string of the molecule is Fc1cc(F)c2c(c(F)c(F)c3c(F)c(F)c(F)c(F)c32)c1Br. The largest absolute Gasteiger partial charge is 0.206 e. The number of hydrogen-bond acceptors (Lipinski definition) is 0. The van der Waals surface area contributed by atoms with Gasteiger partial charge in [-0.05, 0) is 15.9 Å². The average Bonchev–Trinajstić information content (AvgIpc) is 2.50. The zero-order valence-corrected chi connectivity index (χ0v) is 12.1. The number of fused-ring (bicyclic) bond motifs is 3. The van der Waals surface area contributed by atoms with Gasteiger partial charge in [0, 0.05) is 22.2 Å². The molecule has 0 amide bonds. The second kappa shape index (κ2) is 5.05. The second-order valence-corrected chi connectivity index (χ2v) is 5.33. The van der Waals surface area contributed by atoms with Gasteiger partial charge in [-0.25, -0.2) is 35.1 Å². The van der Waals surface area contributed by atoms with Crippen LogP contribution in [-0.2, 0) is 0 Å². The summed E-state index contributed by atoms with van der Waals surface area (Å²) in [6, 6.07) is 0.182. The van der Waals surface area contributed by atoms with E-state index in [0.29, 0.717) is 0 Å². The molecule has 0 fully saturated rings. The monoisotopic (exact) mass is 400 g/mol. The Hall–Kier alpha value is -1.90. The number of hydrogen-bond donors (Lipinski definition) is 0. The lowest BCUT2D eigenvalue weighted by molar-refractivity contribution is 0.415. The van der Waals surface area contributed by atoms with E-state index in [1.165, 1.54) is 0 Å². The molecule has 120 valence electrons. The van der Waals surface area contributed by atoms with Crippen LogP contribution >= 0.6 is 15.9 Å². The predicted molar refractivity (Wildman–Crippen MR) is 68.8 cm³/mol. The Morgan fingerprint density at radius 1 is 0.478 bits per heavy atom. The Kier molecular flexibility index (Phi) is 3.51. The van der Waals surface area contributed by atoms with Gasteiger partial charge in [-0.1, -0.05) is 0 Å². The van der Waals surface area contributed by atoms with Crippen molar-refractivity contribution in [2.45, 2.75) is 0 Å². The Labute approximate surface area is 130 Å². The minimum absolute atomic E-state index is 0.182. The first kappa shape index (κ1) is 16.0. The van der Waals surface area contributed by atoms with Crippen LogP contribution in [0, 0.1) is 46.5 Å². The first-order valence-corrected chi connectivity index (χ1v) is 6.57. The van der Waals surface area contributed by atoms with Gasteiger partial charge in [-0.15, -0.1) is 0 Å². The van der Waals surface area contributed by atoms with Crippen LogP contribution in [0.4, 0.5) is 35.1 Å². The molecule has 0 saturated heterocycles. The molecular weight excluding hydrogens is 400 g/mol. The molecule has 0 aliphatic rings. The van der Waals surface area contributed by atoms with Gasteiger partial charge in [0.25, 0.3) is 0 Å². The Morgan fingerprint density at radius 2 is 0.913 bits per heavy atom. The lowest BCUT2D eigenvalue weighted by Crippen LogP contribution is -2.04. The topological polar surface area (TPSA) is 0 Å². The Bertz CT molecular complexity index is 1010. The highest BCUT2D eigenvalue weighted by Gasteiger charge is 2.30. The summed E-state index contributed by atoms with van der Waals surface area (Å²) in [6.45, 7) is 0. The molecule has 0 aromatic heterocycles. The highest BCUT2D eigenvalue weighted by Crippen LogP contribution is 2.41. The van der Waals surface area contributed by atoms with E-state index in [9.17, 15) is 35.1 Å². The molecule has 0 bridgehead atoms. The van der Waals surface area contributed by atoms with Crippen LogP contribution in [0.1, 0.15) is 0 Å². The van der Waals surface area contributed by atoms with Crippen LogP contribution < -0.4 is 0 Å². The normalized spacial score (nSPS) is 11.7. The minimum atomic E-state index is -2.38. The first-order valence-electron chi connectivity index (χ1n) is 5.78. The predicted octanol–water partition coefficient (Wildman–Crippen LogP) is 5.87. The molecule has 3 aromatic rings. The lowest BCUT2D eigenvalue weighted by Gasteiger charge is -2.13. The highest BCUT2D eigenvalue weighted by molar-refractivity contribution is 9.10. The standard InChI is InChI=1S/C14HBrF8/c15-8-3(17)1-2(16)4-5-7(11(20)10(19)6(4)8)12(21)14(23)13(22)9(5)18/h1H. The van der Waals surface area contributed by atoms with Crippen LogP contribution in [-0.4, -0.2) is 0 Å². The zero-order valence-electron chi connectivity index (χ0n) is 10.5. The summed E-state index contributed by atoms with van der Waals surface area (Å²) in [5, 5.41) is -5.20. The van der Waals surface area contributed by atoms with Crippen LogP contribution in [0.3, 0.4) is 0 Å². The van der Waals surface area contributed by atoms with E-state index in [-0.39, 0.29) is 6.07 Å². The molecule has 0 radical (unpaired) electrons. The van der Waals surface area contributed by atoms with Crippen molar-refractivity contribution in [2.24, 2.45) is 0 Å². The molecule has 0 spiro atoms. The van der Waals surface area contributed by atoms with Gasteiger partial charge in [-0.3, -0.25) is 0 Å². The maximum absolute atomic E-state index is 14.0. The maximum Gasteiger partial charge on any atom is 0.198 e. The van der Waals surface area contributed by atoms with Crippen molar-refractivity contribution < 1.29 is 35.1 Å². The smallest absolute Gasteiger partial charge is 0.198 e. The van der Waals surface area contributed by atoms with Crippen molar-refractivity contribution in [2.75, 3.05) is 0 Å². The van der Waals surface area contributed by atoms with E-state index in [1.54, 1.807) is 0 Å². The minimum Gasteiger partial charge on any atom is -0.206 e. The van der Waals surface area contributed by atoms with Gasteiger partial charge in [0.15, 0.2) is 34.9 Å². The summed E-state index contributed by atoms with van der Waals surface area (Å²) in [5.74, 6) is -16.1. The van der Waals surface area contributed by atoms with Gasteiger partial charge in [0.05, 0.1) is 9.86 Å². The molecular formula is C14HBrF8. The summed E-state index contributed by atoms with van der Waals surface area (Å²) in [5.41, 5.74) is 0. The van der Waals surface area contributed by atoms with E-state index < -0.39 is 72.6 Å². The van der Waals surface area contributed by atoms with Gasteiger partial charge < -0.3 is 0 Å². The van der Waals surface area contributed by atoms with Crippen molar-refractivity contribution >= 4 is 37.5 Å². The van der Waals surface area contributed by atoms with Crippen molar-refractivity contribution in [3.05, 3.63) is 57.1 Å². The van der Waals surface area contributed by atoms with Crippen LogP contribution in [0.15, 0.2) is 10.5 Å². The molecule has 0 aliphatic carbocycles. The molecule has 9 heteroatoms. The van der Waals surface area contributed by atoms with Crippen LogP contribution in [0.25, 0.3) is 21.5 Å². The maximum atomic E-state index is 14.0. The molecule has 3 aromatic carbocycles. The highest BCUT2D eigenvalue weighted by atomic mass is 79.9. The van der Waals surface area contributed by atoms with E-state index in [1.807, 2.05) is 0 Å². The Balaban J connectivity index is 2.84. The summed E-state index contributed by atoms with van der Waals surface area (Å²) in [7, 11) is 0. The molecule has 0 saturated carbocycles. The fraction of sp³-hybridized carbons (Fsp3) is 0. The van der Waals surface area contributed by atoms with Gasteiger partial charge in [0.1, 0.15) is 11.6 Å². The first-order chi connectivity index (χ1) is 10.7. The third-order valence-corrected chi connectivity index (χ3v) is 4.10. The van der Waals surface area contributed by atoms with E-state index >= 15 is 0 Å². The van der Waals surface area contributed by atoms with E-state index in [4.69, 9.17) is 0 Å². The number of benzene rings is 3. The number of rotatable bonds is 0. The van der Waals surface area contributed by atoms with Crippen molar-refractivity contribution in [1.29, 1.82) is 0 Å². The van der Waals surface area contributed by atoms with Gasteiger partial charge >= 0.3 is 0 Å².